The van der Waals surface area contributed by atoms with Gasteiger partial charge in [0.05, 0.1) is 27.5 Å². The van der Waals surface area contributed by atoms with Crippen molar-refractivity contribution in [2.45, 2.75) is 18.2 Å². The number of aryl methyl sites for hydroxylation is 1. The van der Waals surface area contributed by atoms with E-state index in [9.17, 15) is 26.8 Å². The molecular weight excluding hydrogens is 530 g/mol. The van der Waals surface area contributed by atoms with Gasteiger partial charge in [0.2, 0.25) is 0 Å². The maximum atomic E-state index is 14.8. The molecular formula is C27H20F2N4O5S. The molecule has 3 aromatic carbocycles. The first-order valence-electron chi connectivity index (χ1n) is 11.4. The number of anilines is 1. The molecule has 0 unspecified atom stereocenters. The van der Waals surface area contributed by atoms with Gasteiger partial charge in [-0.05, 0) is 54.4 Å². The van der Waals surface area contributed by atoms with E-state index < -0.39 is 33.5 Å². The van der Waals surface area contributed by atoms with Crippen molar-refractivity contribution in [3.8, 4) is 22.9 Å². The molecule has 0 saturated heterocycles. The Labute approximate surface area is 222 Å². The molecule has 1 amide bonds. The average Bonchev–Trinajstić information content (AvgIpc) is 3.34. The summed E-state index contributed by atoms with van der Waals surface area (Å²) < 4.78 is 58.7. The number of aromatic nitrogens is 2. The lowest BCUT2D eigenvalue weighted by Gasteiger charge is -2.11. The zero-order chi connectivity index (χ0) is 28.3. The number of nitriles is 1. The zero-order valence-corrected chi connectivity index (χ0v) is 21.4. The number of hydrogen-bond donors (Lipinski definition) is 1. The zero-order valence-electron chi connectivity index (χ0n) is 20.6. The molecule has 1 N–H and O–H groups in total. The maximum absolute atomic E-state index is 14.8. The molecule has 0 aliphatic rings. The molecule has 0 fully saturated rings. The number of carbonyl (C=O) groups is 2. The van der Waals surface area contributed by atoms with Gasteiger partial charge in [-0.1, -0.05) is 31.2 Å². The summed E-state index contributed by atoms with van der Waals surface area (Å²) in [6.07, 6.45) is 0.177. The van der Waals surface area contributed by atoms with Crippen LogP contribution in [-0.4, -0.2) is 36.5 Å². The number of benzene rings is 3. The van der Waals surface area contributed by atoms with E-state index in [1.54, 1.807) is 25.1 Å². The molecule has 0 atom stereocenters. The van der Waals surface area contributed by atoms with Crippen molar-refractivity contribution >= 4 is 27.6 Å². The van der Waals surface area contributed by atoms with Gasteiger partial charge < -0.3 is 4.74 Å². The minimum Gasteiger partial charge on any atom is -0.371 e. The highest BCUT2D eigenvalue weighted by atomic mass is 32.2. The minimum absolute atomic E-state index is 0.0150. The summed E-state index contributed by atoms with van der Waals surface area (Å²) >= 11 is 0. The van der Waals surface area contributed by atoms with Crippen molar-refractivity contribution < 1.29 is 31.5 Å². The molecule has 39 heavy (non-hydrogen) atoms. The van der Waals surface area contributed by atoms with E-state index in [1.165, 1.54) is 42.5 Å². The fourth-order valence-electron chi connectivity index (χ4n) is 3.76. The van der Waals surface area contributed by atoms with E-state index >= 15 is 0 Å². The number of carbonyl (C=O) groups excluding carboxylic acids is 2. The maximum Gasteiger partial charge on any atom is 0.419 e. The van der Waals surface area contributed by atoms with Crippen LogP contribution in [0.1, 0.15) is 28.7 Å². The number of sulfone groups is 1. The summed E-state index contributed by atoms with van der Waals surface area (Å²) in [5, 5.41) is 15.5. The van der Waals surface area contributed by atoms with E-state index in [2.05, 4.69) is 10.4 Å². The second kappa shape index (κ2) is 10.8. The number of amides is 1. The number of ether oxygens (including phenoxy) is 1. The third kappa shape index (κ3) is 5.83. The quantitative estimate of drug-likeness (QED) is 0.263. The fourth-order valence-corrected chi connectivity index (χ4v) is 4.67. The second-order valence-corrected chi connectivity index (χ2v) is 10.3. The Kier molecular flexibility index (Phi) is 7.55. The van der Waals surface area contributed by atoms with Crippen LogP contribution in [0.3, 0.4) is 0 Å². The normalized spacial score (nSPS) is 11.1. The van der Waals surface area contributed by atoms with Gasteiger partial charge in [0, 0.05) is 11.8 Å². The Balaban J connectivity index is 1.55. The highest BCUT2D eigenvalue weighted by Crippen LogP contribution is 2.30. The number of nitrogens with one attached hydrogen (secondary N) is 1. The Morgan fingerprint density at radius 3 is 2.46 bits per heavy atom. The minimum atomic E-state index is -3.58. The Morgan fingerprint density at radius 2 is 1.79 bits per heavy atom. The van der Waals surface area contributed by atoms with Crippen LogP contribution in [0.4, 0.5) is 19.3 Å². The van der Waals surface area contributed by atoms with E-state index in [1.807, 2.05) is 0 Å². The van der Waals surface area contributed by atoms with Crippen LogP contribution in [0, 0.1) is 23.0 Å². The van der Waals surface area contributed by atoms with Crippen molar-refractivity contribution in [3.05, 3.63) is 95.3 Å². The number of halogens is 2. The van der Waals surface area contributed by atoms with Gasteiger partial charge >= 0.3 is 12.1 Å². The third-order valence-electron chi connectivity index (χ3n) is 5.64. The lowest BCUT2D eigenvalue weighted by Crippen LogP contribution is -2.21. The highest BCUT2D eigenvalue weighted by Gasteiger charge is 2.22. The largest absolute Gasteiger partial charge is 0.419 e. The van der Waals surface area contributed by atoms with Crippen LogP contribution in [0.2, 0.25) is 0 Å². The third-order valence-corrected chi connectivity index (χ3v) is 6.79. The van der Waals surface area contributed by atoms with Gasteiger partial charge in [-0.15, -0.1) is 0 Å². The number of esters is 1. The first-order valence-corrected chi connectivity index (χ1v) is 13.3. The highest BCUT2D eigenvalue weighted by molar-refractivity contribution is 7.90. The number of nitrogens with zero attached hydrogens (tertiary/aromatic N) is 3. The van der Waals surface area contributed by atoms with Crippen LogP contribution in [0.25, 0.3) is 16.8 Å². The SMILES string of the molecule is CCc1cc(C(=O)OC(=O)Nc2ccc(-c3ccccc3S(C)(=O)=O)cc2F)n(-c2ccc(F)c(C#N)c2)n1. The molecule has 12 heteroatoms. The molecule has 198 valence electrons. The summed E-state index contributed by atoms with van der Waals surface area (Å²) in [5.74, 6) is -2.77. The first kappa shape index (κ1) is 27.2. The Bertz CT molecular complexity index is 1760. The van der Waals surface area contributed by atoms with Crippen LogP contribution >= 0.6 is 0 Å². The predicted molar refractivity (Wildman–Crippen MR) is 137 cm³/mol. The molecule has 0 radical (unpaired) electrons. The van der Waals surface area contributed by atoms with Crippen molar-refractivity contribution in [2.75, 3.05) is 11.6 Å². The molecule has 0 bridgehead atoms. The van der Waals surface area contributed by atoms with E-state index in [-0.39, 0.29) is 38.7 Å². The Hall–Kier alpha value is -4.89. The second-order valence-electron chi connectivity index (χ2n) is 8.33. The molecule has 1 heterocycles. The van der Waals surface area contributed by atoms with Crippen LogP contribution in [-0.2, 0) is 21.0 Å². The van der Waals surface area contributed by atoms with Crippen molar-refractivity contribution in [3.63, 3.8) is 0 Å². The molecule has 1 aromatic heterocycles. The van der Waals surface area contributed by atoms with Crippen molar-refractivity contribution in [2.24, 2.45) is 0 Å². The topological polar surface area (TPSA) is 131 Å². The summed E-state index contributed by atoms with van der Waals surface area (Å²) in [6, 6.07) is 16.4. The average molecular weight is 551 g/mol. The van der Waals surface area contributed by atoms with Gasteiger partial charge in [0.25, 0.3) is 0 Å². The summed E-state index contributed by atoms with van der Waals surface area (Å²) in [6.45, 7) is 1.78. The first-order chi connectivity index (χ1) is 18.5. The van der Waals surface area contributed by atoms with Crippen molar-refractivity contribution in [1.29, 1.82) is 5.26 Å². The molecule has 4 rings (SSSR count). The fraction of sp³-hybridized carbons (Fsp3) is 0.111. The number of hydrogen-bond acceptors (Lipinski definition) is 7. The Morgan fingerprint density at radius 1 is 1.05 bits per heavy atom. The van der Waals surface area contributed by atoms with Gasteiger partial charge in [0.15, 0.2) is 15.5 Å². The van der Waals surface area contributed by atoms with E-state index in [0.29, 0.717) is 12.1 Å². The van der Waals surface area contributed by atoms with Crippen LogP contribution < -0.4 is 5.32 Å². The lowest BCUT2D eigenvalue weighted by atomic mass is 10.1. The molecule has 0 aliphatic carbocycles. The summed E-state index contributed by atoms with van der Waals surface area (Å²) in [4.78, 5) is 25.3. The standard InChI is InChI=1S/C27H20F2N4O5S/c1-3-18-14-24(33(32-18)19-9-10-21(28)17(12-19)15-30)26(34)38-27(35)31-23-11-8-16(13-22(23)29)20-6-4-5-7-25(20)39(2,36)37/h4-14H,3H2,1-2H3,(H,31,35). The smallest absolute Gasteiger partial charge is 0.371 e. The molecule has 0 saturated carbocycles. The summed E-state index contributed by atoms with van der Waals surface area (Å²) in [5.41, 5.74) is 0.437. The predicted octanol–water partition coefficient (Wildman–Crippen LogP) is 5.04. The molecule has 9 nitrogen and oxygen atoms in total. The number of rotatable bonds is 6. The molecule has 0 aliphatic heterocycles. The van der Waals surface area contributed by atoms with Gasteiger partial charge in [-0.25, -0.2) is 31.5 Å². The molecule has 0 spiro atoms. The monoisotopic (exact) mass is 550 g/mol. The molecule has 4 aromatic rings. The summed E-state index contributed by atoms with van der Waals surface area (Å²) in [7, 11) is -3.58. The van der Waals surface area contributed by atoms with Gasteiger partial charge in [-0.3, -0.25) is 5.32 Å². The van der Waals surface area contributed by atoms with E-state index in [4.69, 9.17) is 10.00 Å². The van der Waals surface area contributed by atoms with Crippen LogP contribution in [0.15, 0.2) is 71.6 Å². The van der Waals surface area contributed by atoms with E-state index in [0.717, 1.165) is 23.1 Å². The lowest BCUT2D eigenvalue weighted by molar-refractivity contribution is 0.0635. The van der Waals surface area contributed by atoms with Gasteiger partial charge in [0.1, 0.15) is 17.7 Å². The van der Waals surface area contributed by atoms with Gasteiger partial charge in [-0.2, -0.15) is 10.4 Å². The van der Waals surface area contributed by atoms with Crippen LogP contribution in [0.5, 0.6) is 0 Å². The van der Waals surface area contributed by atoms with Crippen molar-refractivity contribution in [1.82, 2.24) is 9.78 Å².